The van der Waals surface area contributed by atoms with Gasteiger partial charge in [0.15, 0.2) is 0 Å². The Morgan fingerprint density at radius 3 is 2.19 bits per heavy atom. The first kappa shape index (κ1) is 19.8. The van der Waals surface area contributed by atoms with Gasteiger partial charge >= 0.3 is 5.97 Å². The van der Waals surface area contributed by atoms with Crippen molar-refractivity contribution in [1.82, 2.24) is 4.98 Å². The van der Waals surface area contributed by atoms with Crippen molar-refractivity contribution in [2.45, 2.75) is 60.4 Å². The molecule has 0 amide bonds. The molecular weight excluding hydrogens is 328 g/mol. The highest BCUT2D eigenvalue weighted by molar-refractivity contribution is 5.97. The number of hydrogen-bond donors (Lipinski definition) is 2. The summed E-state index contributed by atoms with van der Waals surface area (Å²) in [5.74, 6) is -0.269. The fraction of sp³-hybridized carbons (Fsp3) is 0.429. The molecule has 0 radical (unpaired) electrons. The molecule has 26 heavy (non-hydrogen) atoms. The predicted molar refractivity (Wildman–Crippen MR) is 105 cm³/mol. The van der Waals surface area contributed by atoms with E-state index in [0.29, 0.717) is 17.1 Å². The zero-order chi connectivity index (χ0) is 19.4. The minimum Gasteiger partial charge on any atom is -0.477 e. The smallest absolute Gasteiger partial charge is 0.343 e. The lowest BCUT2D eigenvalue weighted by molar-refractivity contribution is 0.0694. The number of benzene rings is 1. The van der Waals surface area contributed by atoms with Crippen molar-refractivity contribution in [2.75, 3.05) is 5.32 Å². The molecule has 2 rings (SSSR count). The minimum absolute atomic E-state index is 0.0712. The summed E-state index contributed by atoms with van der Waals surface area (Å²) >= 11 is 0. The summed E-state index contributed by atoms with van der Waals surface area (Å²) in [6, 6.07) is 6.00. The van der Waals surface area contributed by atoms with Gasteiger partial charge in [-0.25, -0.2) is 9.78 Å². The van der Waals surface area contributed by atoms with Crippen molar-refractivity contribution >= 4 is 11.7 Å². The van der Waals surface area contributed by atoms with E-state index in [1.54, 1.807) is 6.07 Å². The van der Waals surface area contributed by atoms with Gasteiger partial charge in [-0.1, -0.05) is 31.5 Å². The van der Waals surface area contributed by atoms with Gasteiger partial charge < -0.3 is 15.2 Å². The number of nitrogens with one attached hydrogen (secondary N) is 1. The Hall–Kier alpha value is -2.56. The van der Waals surface area contributed by atoms with E-state index in [-0.39, 0.29) is 17.5 Å². The zero-order valence-electron chi connectivity index (χ0n) is 16.4. The number of carboxylic acid groups (broad SMARTS) is 1. The molecule has 0 unspecified atom stereocenters. The molecule has 0 atom stereocenters. The highest BCUT2D eigenvalue weighted by Gasteiger charge is 2.22. The SMILES string of the molecule is CCC(CC)Nc1cc(C)nc(Oc2c(C)cc(C)cc2C)c1C(=O)O. The molecule has 1 heterocycles. The second-order valence-corrected chi connectivity index (χ2v) is 6.78. The monoisotopic (exact) mass is 356 g/mol. The first-order valence-electron chi connectivity index (χ1n) is 9.03. The van der Waals surface area contributed by atoms with Crippen LogP contribution in [0.5, 0.6) is 11.6 Å². The number of carbonyl (C=O) groups is 1. The van der Waals surface area contributed by atoms with Gasteiger partial charge in [0.1, 0.15) is 11.3 Å². The second kappa shape index (κ2) is 8.21. The second-order valence-electron chi connectivity index (χ2n) is 6.78. The number of aromatic nitrogens is 1. The summed E-state index contributed by atoms with van der Waals surface area (Å²) in [7, 11) is 0. The number of pyridine rings is 1. The first-order valence-corrected chi connectivity index (χ1v) is 9.03. The van der Waals surface area contributed by atoms with E-state index in [2.05, 4.69) is 24.1 Å². The minimum atomic E-state index is -1.05. The van der Waals surface area contributed by atoms with E-state index in [0.717, 1.165) is 29.5 Å². The van der Waals surface area contributed by atoms with Crippen LogP contribution in [0.25, 0.3) is 0 Å². The van der Waals surface area contributed by atoms with Crippen LogP contribution >= 0.6 is 0 Å². The third-order valence-electron chi connectivity index (χ3n) is 4.48. The molecule has 0 aliphatic rings. The topological polar surface area (TPSA) is 71.5 Å². The lowest BCUT2D eigenvalue weighted by Gasteiger charge is -2.20. The van der Waals surface area contributed by atoms with Crippen LogP contribution < -0.4 is 10.1 Å². The number of anilines is 1. The number of nitrogens with zero attached hydrogens (tertiary/aromatic N) is 1. The standard InChI is InChI=1S/C21H28N2O3/c1-7-16(8-2)23-17-11-15(6)22-20(18(17)21(24)25)26-19-13(4)9-12(3)10-14(19)5/h9-11,16H,7-8H2,1-6H3,(H,22,23)(H,24,25). The third kappa shape index (κ3) is 4.34. The Labute approximate surface area is 155 Å². The van der Waals surface area contributed by atoms with Crippen molar-refractivity contribution in [1.29, 1.82) is 0 Å². The van der Waals surface area contributed by atoms with Gasteiger partial charge in [0, 0.05) is 11.7 Å². The van der Waals surface area contributed by atoms with Gasteiger partial charge in [0.05, 0.1) is 5.69 Å². The largest absolute Gasteiger partial charge is 0.477 e. The molecule has 0 saturated carbocycles. The van der Waals surface area contributed by atoms with E-state index in [1.807, 2.05) is 39.8 Å². The molecule has 0 bridgehead atoms. The van der Waals surface area contributed by atoms with Crippen molar-refractivity contribution in [3.8, 4) is 11.6 Å². The fourth-order valence-electron chi connectivity index (χ4n) is 3.18. The number of ether oxygens (including phenoxy) is 1. The van der Waals surface area contributed by atoms with Crippen LogP contribution in [0.2, 0.25) is 0 Å². The number of hydrogen-bond acceptors (Lipinski definition) is 4. The average molecular weight is 356 g/mol. The molecule has 1 aromatic heterocycles. The normalized spacial score (nSPS) is 10.9. The molecule has 2 N–H and O–H groups in total. The molecule has 1 aromatic carbocycles. The molecule has 2 aromatic rings. The Bertz CT molecular complexity index is 788. The Morgan fingerprint density at radius 2 is 1.69 bits per heavy atom. The van der Waals surface area contributed by atoms with Crippen molar-refractivity contribution in [3.63, 3.8) is 0 Å². The van der Waals surface area contributed by atoms with E-state index >= 15 is 0 Å². The van der Waals surface area contributed by atoms with E-state index in [9.17, 15) is 9.90 Å². The number of carboxylic acids is 1. The summed E-state index contributed by atoms with van der Waals surface area (Å²) < 4.78 is 6.03. The number of rotatable bonds is 7. The molecule has 0 spiro atoms. The molecule has 0 aliphatic carbocycles. The van der Waals surface area contributed by atoms with Gasteiger partial charge in [-0.05, 0) is 57.7 Å². The van der Waals surface area contributed by atoms with Crippen LogP contribution in [-0.4, -0.2) is 22.1 Å². The van der Waals surface area contributed by atoms with Crippen LogP contribution in [-0.2, 0) is 0 Å². The van der Waals surface area contributed by atoms with Gasteiger partial charge in [-0.3, -0.25) is 0 Å². The van der Waals surface area contributed by atoms with Gasteiger partial charge in [-0.15, -0.1) is 0 Å². The third-order valence-corrected chi connectivity index (χ3v) is 4.48. The summed E-state index contributed by atoms with van der Waals surface area (Å²) in [4.78, 5) is 16.3. The lowest BCUT2D eigenvalue weighted by Crippen LogP contribution is -2.20. The summed E-state index contributed by atoms with van der Waals surface area (Å²) in [5, 5.41) is 13.1. The maximum absolute atomic E-state index is 12.0. The van der Waals surface area contributed by atoms with Crippen LogP contribution in [0.3, 0.4) is 0 Å². The van der Waals surface area contributed by atoms with E-state index in [4.69, 9.17) is 4.74 Å². The molecule has 5 nitrogen and oxygen atoms in total. The average Bonchev–Trinajstić information content (AvgIpc) is 2.55. The van der Waals surface area contributed by atoms with Crippen LogP contribution in [0, 0.1) is 27.7 Å². The molecule has 140 valence electrons. The van der Waals surface area contributed by atoms with Crippen molar-refractivity contribution in [3.05, 3.63) is 46.1 Å². The maximum atomic E-state index is 12.0. The molecule has 0 fully saturated rings. The van der Waals surface area contributed by atoms with Crippen LogP contribution in [0.4, 0.5) is 5.69 Å². The van der Waals surface area contributed by atoms with Gasteiger partial charge in [0.25, 0.3) is 0 Å². The summed E-state index contributed by atoms with van der Waals surface area (Å²) in [6.07, 6.45) is 1.81. The van der Waals surface area contributed by atoms with Crippen LogP contribution in [0.1, 0.15) is 59.4 Å². The summed E-state index contributed by atoms with van der Waals surface area (Å²) in [6.45, 7) is 11.9. The molecule has 0 aliphatic heterocycles. The highest BCUT2D eigenvalue weighted by Crippen LogP contribution is 2.34. The molecule has 0 saturated heterocycles. The first-order chi connectivity index (χ1) is 12.3. The van der Waals surface area contributed by atoms with Gasteiger partial charge in [0.2, 0.25) is 5.88 Å². The summed E-state index contributed by atoms with van der Waals surface area (Å²) in [5.41, 5.74) is 4.38. The zero-order valence-corrected chi connectivity index (χ0v) is 16.4. The van der Waals surface area contributed by atoms with Crippen molar-refractivity contribution in [2.24, 2.45) is 0 Å². The quantitative estimate of drug-likeness (QED) is 0.694. The van der Waals surface area contributed by atoms with Crippen molar-refractivity contribution < 1.29 is 14.6 Å². The molecular formula is C21H28N2O3. The van der Waals surface area contributed by atoms with E-state index < -0.39 is 5.97 Å². The van der Waals surface area contributed by atoms with Gasteiger partial charge in [-0.2, -0.15) is 0 Å². The maximum Gasteiger partial charge on any atom is 0.343 e. The van der Waals surface area contributed by atoms with E-state index in [1.165, 1.54) is 0 Å². The Morgan fingerprint density at radius 1 is 1.12 bits per heavy atom. The highest BCUT2D eigenvalue weighted by atomic mass is 16.5. The number of aromatic carboxylic acids is 1. The number of aryl methyl sites for hydroxylation is 4. The van der Waals surface area contributed by atoms with Crippen LogP contribution in [0.15, 0.2) is 18.2 Å². The Balaban J connectivity index is 2.55. The Kier molecular flexibility index (Phi) is 6.24. The lowest BCUT2D eigenvalue weighted by atomic mass is 10.1. The fourth-order valence-corrected chi connectivity index (χ4v) is 3.18. The predicted octanol–water partition coefficient (Wildman–Crippen LogP) is 5.41. The molecule has 5 heteroatoms.